The van der Waals surface area contributed by atoms with E-state index in [2.05, 4.69) is 12.2 Å². The third-order valence-electron chi connectivity index (χ3n) is 2.65. The van der Waals surface area contributed by atoms with Crippen molar-refractivity contribution in [3.63, 3.8) is 0 Å². The second-order valence-electron chi connectivity index (χ2n) is 4.54. The van der Waals surface area contributed by atoms with Crippen molar-refractivity contribution in [3.8, 4) is 0 Å². The van der Waals surface area contributed by atoms with Crippen molar-refractivity contribution in [2.24, 2.45) is 5.73 Å². The van der Waals surface area contributed by atoms with Crippen LogP contribution in [-0.4, -0.2) is 54.0 Å². The summed E-state index contributed by atoms with van der Waals surface area (Å²) in [5.74, 6) is -2.41. The molecule has 0 radical (unpaired) electrons. The average molecular weight is 273 g/mol. The molecule has 1 unspecified atom stereocenters. The predicted octanol–water partition coefficient (Wildman–Crippen LogP) is -0.447. The first kappa shape index (κ1) is 17.4. The van der Waals surface area contributed by atoms with Gasteiger partial charge < -0.3 is 21.1 Å². The summed E-state index contributed by atoms with van der Waals surface area (Å²) in [6.45, 7) is 3.53. The second kappa shape index (κ2) is 9.32. The van der Waals surface area contributed by atoms with Crippen molar-refractivity contribution >= 4 is 17.8 Å². The van der Waals surface area contributed by atoms with E-state index in [0.29, 0.717) is 6.54 Å². The summed E-state index contributed by atoms with van der Waals surface area (Å²) in [5, 5.41) is 11.1. The molecule has 7 heteroatoms. The first-order chi connectivity index (χ1) is 8.86. The first-order valence-corrected chi connectivity index (χ1v) is 6.35. The molecule has 0 aliphatic rings. The van der Waals surface area contributed by atoms with E-state index in [-0.39, 0.29) is 6.42 Å². The number of aliphatic carboxylic acids is 1. The van der Waals surface area contributed by atoms with Crippen molar-refractivity contribution in [2.45, 2.75) is 38.6 Å². The maximum absolute atomic E-state index is 11.6. The topological polar surface area (TPSA) is 113 Å². The molecule has 4 N–H and O–H groups in total. The minimum Gasteiger partial charge on any atom is -0.480 e. The molecule has 7 nitrogen and oxygen atoms in total. The highest BCUT2D eigenvalue weighted by Gasteiger charge is 2.21. The Balaban J connectivity index is 4.06. The Bertz CT molecular complexity index is 320. The van der Waals surface area contributed by atoms with Gasteiger partial charge in [0.05, 0.1) is 6.42 Å². The molecule has 0 saturated carbocycles. The molecule has 0 fully saturated rings. The number of hydrogen-bond acceptors (Lipinski definition) is 4. The van der Waals surface area contributed by atoms with Gasteiger partial charge in [-0.3, -0.25) is 9.59 Å². The SMILES string of the molecule is CCCCN(C)CCC(=O)NC(CC(N)=O)C(=O)O. The minimum absolute atomic E-state index is 0.197. The van der Waals surface area contributed by atoms with E-state index < -0.39 is 30.2 Å². The second-order valence-corrected chi connectivity index (χ2v) is 4.54. The molecule has 2 amide bonds. The number of nitrogens with one attached hydrogen (secondary N) is 1. The molecule has 0 aromatic carbocycles. The number of hydrogen-bond donors (Lipinski definition) is 3. The summed E-state index contributed by atoms with van der Waals surface area (Å²) in [7, 11) is 1.90. The molecule has 0 aromatic rings. The van der Waals surface area contributed by atoms with Crippen LogP contribution in [-0.2, 0) is 14.4 Å². The van der Waals surface area contributed by atoms with Gasteiger partial charge in [0.25, 0.3) is 0 Å². The van der Waals surface area contributed by atoms with Gasteiger partial charge in [-0.05, 0) is 20.0 Å². The Labute approximate surface area is 113 Å². The normalized spacial score (nSPS) is 12.2. The zero-order valence-corrected chi connectivity index (χ0v) is 11.5. The van der Waals surface area contributed by atoms with Crippen molar-refractivity contribution in [2.75, 3.05) is 20.1 Å². The van der Waals surface area contributed by atoms with Crippen LogP contribution in [0, 0.1) is 0 Å². The van der Waals surface area contributed by atoms with E-state index in [1.165, 1.54) is 0 Å². The molecule has 110 valence electrons. The van der Waals surface area contributed by atoms with Crippen LogP contribution >= 0.6 is 0 Å². The number of carboxylic acid groups (broad SMARTS) is 1. The fourth-order valence-corrected chi connectivity index (χ4v) is 1.50. The monoisotopic (exact) mass is 273 g/mol. The maximum Gasteiger partial charge on any atom is 0.326 e. The summed E-state index contributed by atoms with van der Waals surface area (Å²) in [6, 6.07) is -1.24. The fourth-order valence-electron chi connectivity index (χ4n) is 1.50. The number of nitrogens with two attached hydrogens (primary N) is 1. The largest absolute Gasteiger partial charge is 0.480 e. The van der Waals surface area contributed by atoms with E-state index in [1.54, 1.807) is 0 Å². The van der Waals surface area contributed by atoms with Gasteiger partial charge in [0.15, 0.2) is 0 Å². The van der Waals surface area contributed by atoms with Crippen LogP contribution in [0.5, 0.6) is 0 Å². The van der Waals surface area contributed by atoms with E-state index in [9.17, 15) is 14.4 Å². The molecule has 0 saturated heterocycles. The van der Waals surface area contributed by atoms with Gasteiger partial charge in [0.2, 0.25) is 11.8 Å². The Hall–Kier alpha value is -1.63. The van der Waals surface area contributed by atoms with Gasteiger partial charge in [-0.1, -0.05) is 13.3 Å². The highest BCUT2D eigenvalue weighted by atomic mass is 16.4. The first-order valence-electron chi connectivity index (χ1n) is 6.35. The number of rotatable bonds is 10. The van der Waals surface area contributed by atoms with Gasteiger partial charge in [-0.15, -0.1) is 0 Å². The van der Waals surface area contributed by atoms with Crippen LogP contribution in [0.1, 0.15) is 32.6 Å². The van der Waals surface area contributed by atoms with E-state index in [1.807, 2.05) is 11.9 Å². The smallest absolute Gasteiger partial charge is 0.326 e. The van der Waals surface area contributed by atoms with Crippen molar-refractivity contribution in [1.29, 1.82) is 0 Å². The predicted molar refractivity (Wildman–Crippen MR) is 70.4 cm³/mol. The molecule has 19 heavy (non-hydrogen) atoms. The lowest BCUT2D eigenvalue weighted by atomic mass is 10.2. The summed E-state index contributed by atoms with van der Waals surface area (Å²) in [6.07, 6.45) is 1.93. The van der Waals surface area contributed by atoms with Gasteiger partial charge in [0.1, 0.15) is 6.04 Å². The highest BCUT2D eigenvalue weighted by molar-refractivity contribution is 5.88. The lowest BCUT2D eigenvalue weighted by molar-refractivity contribution is -0.143. The summed E-state index contributed by atoms with van der Waals surface area (Å²) >= 11 is 0. The molecule has 0 aliphatic carbocycles. The third-order valence-corrected chi connectivity index (χ3v) is 2.65. The number of carbonyl (C=O) groups excluding carboxylic acids is 2. The quantitative estimate of drug-likeness (QED) is 0.499. The minimum atomic E-state index is -1.26. The van der Waals surface area contributed by atoms with Crippen LogP contribution in [0.15, 0.2) is 0 Å². The molecule has 0 rings (SSSR count). The van der Waals surface area contributed by atoms with Crippen LogP contribution < -0.4 is 11.1 Å². The summed E-state index contributed by atoms with van der Waals surface area (Å²) in [5.41, 5.74) is 4.92. The molecule has 0 spiro atoms. The number of primary amides is 1. The van der Waals surface area contributed by atoms with Gasteiger partial charge in [0, 0.05) is 13.0 Å². The van der Waals surface area contributed by atoms with Crippen molar-refractivity contribution < 1.29 is 19.5 Å². The molecule has 0 aliphatic heterocycles. The van der Waals surface area contributed by atoms with Crippen molar-refractivity contribution in [3.05, 3.63) is 0 Å². The number of amides is 2. The maximum atomic E-state index is 11.6. The fraction of sp³-hybridized carbons (Fsp3) is 0.750. The zero-order chi connectivity index (χ0) is 14.8. The Morgan fingerprint density at radius 3 is 2.42 bits per heavy atom. The van der Waals surface area contributed by atoms with Crippen LogP contribution in [0.2, 0.25) is 0 Å². The third kappa shape index (κ3) is 9.01. The zero-order valence-electron chi connectivity index (χ0n) is 11.5. The number of nitrogens with zero attached hydrogens (tertiary/aromatic N) is 1. The van der Waals surface area contributed by atoms with Crippen LogP contribution in [0.3, 0.4) is 0 Å². The molecule has 0 aromatic heterocycles. The molecular formula is C12H23N3O4. The lowest BCUT2D eigenvalue weighted by Gasteiger charge is -2.17. The van der Waals surface area contributed by atoms with Gasteiger partial charge in [-0.2, -0.15) is 0 Å². The molecule has 1 atom stereocenters. The van der Waals surface area contributed by atoms with E-state index >= 15 is 0 Å². The van der Waals surface area contributed by atoms with Crippen LogP contribution in [0.4, 0.5) is 0 Å². The Morgan fingerprint density at radius 1 is 1.32 bits per heavy atom. The van der Waals surface area contributed by atoms with Crippen LogP contribution in [0.25, 0.3) is 0 Å². The highest BCUT2D eigenvalue weighted by Crippen LogP contribution is 1.96. The van der Waals surface area contributed by atoms with Crippen molar-refractivity contribution in [1.82, 2.24) is 10.2 Å². The Morgan fingerprint density at radius 2 is 1.95 bits per heavy atom. The Kier molecular flexibility index (Phi) is 8.52. The molecule has 0 heterocycles. The number of unbranched alkanes of at least 4 members (excludes halogenated alkanes) is 1. The summed E-state index contributed by atoms with van der Waals surface area (Å²) in [4.78, 5) is 35.1. The van der Waals surface area contributed by atoms with Gasteiger partial charge >= 0.3 is 5.97 Å². The van der Waals surface area contributed by atoms with E-state index in [4.69, 9.17) is 10.8 Å². The van der Waals surface area contributed by atoms with E-state index in [0.717, 1.165) is 19.4 Å². The van der Waals surface area contributed by atoms with Gasteiger partial charge in [-0.25, -0.2) is 4.79 Å². The lowest BCUT2D eigenvalue weighted by Crippen LogP contribution is -2.44. The standard InChI is InChI=1S/C12H23N3O4/c1-3-4-6-15(2)7-5-11(17)14-9(12(18)19)8-10(13)16/h9H,3-8H2,1-2H3,(H2,13,16)(H,14,17)(H,18,19). The molecular weight excluding hydrogens is 250 g/mol. The summed E-state index contributed by atoms with van der Waals surface area (Å²) < 4.78 is 0. The number of carboxylic acids is 1. The number of carbonyl (C=O) groups is 3. The molecule has 0 bridgehead atoms. The average Bonchev–Trinajstić information content (AvgIpc) is 2.32.